The number of carbonyl (C=O) groups excluding carboxylic acids is 2. The molecule has 0 unspecified atom stereocenters. The maximum atomic E-state index is 13.0. The Morgan fingerprint density at radius 3 is 2.53 bits per heavy atom. The van der Waals surface area contributed by atoms with Crippen molar-refractivity contribution in [1.29, 1.82) is 0 Å². The quantitative estimate of drug-likeness (QED) is 0.646. The van der Waals surface area contributed by atoms with Gasteiger partial charge in [0.05, 0.1) is 5.69 Å². The number of nitrogens with one attached hydrogen (secondary N) is 2. The van der Waals surface area contributed by atoms with Crippen molar-refractivity contribution in [2.45, 2.75) is 19.3 Å². The van der Waals surface area contributed by atoms with Crippen molar-refractivity contribution in [2.24, 2.45) is 5.92 Å². The number of aromatic amines is 1. The Morgan fingerprint density at radius 1 is 1.10 bits per heavy atom. The van der Waals surface area contributed by atoms with E-state index in [0.29, 0.717) is 36.1 Å². The molecule has 2 aromatic carbocycles. The summed E-state index contributed by atoms with van der Waals surface area (Å²) in [6, 6.07) is 13.5. The molecule has 1 aliphatic rings. The van der Waals surface area contributed by atoms with E-state index in [1.807, 2.05) is 0 Å². The number of anilines is 1. The molecule has 9 heteroatoms. The summed E-state index contributed by atoms with van der Waals surface area (Å²) < 4.78 is 13.0. The number of carbonyl (C=O) groups is 2. The van der Waals surface area contributed by atoms with Gasteiger partial charge in [-0.3, -0.25) is 9.59 Å². The fraction of sp³-hybridized carbons (Fsp3) is 0.286. The topological polar surface area (TPSA) is 104 Å². The fourth-order valence-corrected chi connectivity index (χ4v) is 3.68. The highest BCUT2D eigenvalue weighted by molar-refractivity contribution is 6.39. The molecule has 1 aromatic heterocycles. The van der Waals surface area contributed by atoms with Crippen molar-refractivity contribution < 1.29 is 14.0 Å². The van der Waals surface area contributed by atoms with Gasteiger partial charge in [0.15, 0.2) is 0 Å². The lowest BCUT2D eigenvalue weighted by atomic mass is 9.90. The van der Waals surface area contributed by atoms with Gasteiger partial charge in [0.1, 0.15) is 5.82 Å². The molecule has 0 radical (unpaired) electrons. The van der Waals surface area contributed by atoms with Crippen molar-refractivity contribution in [3.05, 3.63) is 59.9 Å². The third kappa shape index (κ3) is 4.51. The van der Waals surface area contributed by atoms with Gasteiger partial charge >= 0.3 is 11.8 Å². The third-order valence-electron chi connectivity index (χ3n) is 5.30. The van der Waals surface area contributed by atoms with Crippen molar-refractivity contribution in [3.63, 3.8) is 0 Å². The van der Waals surface area contributed by atoms with Crippen LogP contribution in [0, 0.1) is 11.7 Å². The molecule has 2 N–H and O–H groups in total. The van der Waals surface area contributed by atoms with Crippen LogP contribution in [0.2, 0.25) is 0 Å². The predicted molar refractivity (Wildman–Crippen MR) is 108 cm³/mol. The van der Waals surface area contributed by atoms with E-state index in [-0.39, 0.29) is 5.82 Å². The van der Waals surface area contributed by atoms with Crippen molar-refractivity contribution in [1.82, 2.24) is 25.5 Å². The maximum absolute atomic E-state index is 13.0. The maximum Gasteiger partial charge on any atom is 0.313 e. The number of hydrogen-bond acceptors (Lipinski definition) is 5. The molecule has 1 saturated heterocycles. The predicted octanol–water partition coefficient (Wildman–Crippen LogP) is 2.43. The number of amides is 2. The highest BCUT2D eigenvalue weighted by Gasteiger charge is 2.27. The van der Waals surface area contributed by atoms with Crippen LogP contribution in [0.15, 0.2) is 48.5 Å². The van der Waals surface area contributed by atoms with Crippen LogP contribution in [0.3, 0.4) is 0 Å². The molecule has 4 rings (SSSR count). The van der Waals surface area contributed by atoms with Crippen LogP contribution in [-0.4, -0.2) is 50.4 Å². The molecule has 1 fully saturated rings. The highest BCUT2D eigenvalue weighted by Crippen LogP contribution is 2.25. The van der Waals surface area contributed by atoms with Crippen LogP contribution >= 0.6 is 0 Å². The van der Waals surface area contributed by atoms with E-state index in [1.165, 1.54) is 12.1 Å². The number of hydrogen-bond donors (Lipinski definition) is 2. The molecular weight excluding hydrogens is 387 g/mol. The Bertz CT molecular complexity index is 1010. The van der Waals surface area contributed by atoms with Crippen LogP contribution in [0.4, 0.5) is 10.1 Å². The lowest BCUT2D eigenvalue weighted by molar-refractivity contribution is -0.144. The Hall–Kier alpha value is -3.62. The summed E-state index contributed by atoms with van der Waals surface area (Å²) in [4.78, 5) is 26.7. The van der Waals surface area contributed by atoms with E-state index in [1.54, 1.807) is 41.3 Å². The molecule has 1 aliphatic heterocycles. The number of benzene rings is 2. The minimum atomic E-state index is -0.692. The first kappa shape index (κ1) is 19.7. The highest BCUT2D eigenvalue weighted by atomic mass is 19.1. The van der Waals surface area contributed by atoms with E-state index in [4.69, 9.17) is 0 Å². The van der Waals surface area contributed by atoms with Crippen molar-refractivity contribution in [2.75, 3.05) is 18.4 Å². The van der Waals surface area contributed by atoms with Crippen molar-refractivity contribution >= 4 is 17.5 Å². The van der Waals surface area contributed by atoms with E-state index in [0.717, 1.165) is 24.8 Å². The molecule has 8 nitrogen and oxygen atoms in total. The Balaban J connectivity index is 1.33. The number of H-pyrrole nitrogens is 1. The zero-order valence-electron chi connectivity index (χ0n) is 16.2. The molecule has 0 bridgehead atoms. The number of rotatable bonds is 4. The zero-order chi connectivity index (χ0) is 20.9. The first-order valence-electron chi connectivity index (χ1n) is 9.77. The lowest BCUT2D eigenvalue weighted by Crippen LogP contribution is -2.44. The van der Waals surface area contributed by atoms with Gasteiger partial charge in [-0.2, -0.15) is 5.21 Å². The molecule has 30 heavy (non-hydrogen) atoms. The van der Waals surface area contributed by atoms with Gasteiger partial charge in [0.25, 0.3) is 0 Å². The van der Waals surface area contributed by atoms with E-state index >= 15 is 0 Å². The zero-order valence-corrected chi connectivity index (χ0v) is 16.2. The molecular formula is C21H21FN6O2. The van der Waals surface area contributed by atoms with Crippen LogP contribution in [0.5, 0.6) is 0 Å². The summed E-state index contributed by atoms with van der Waals surface area (Å²) in [5.41, 5.74) is 2.10. The standard InChI is InChI=1S/C21H21FN6O2/c22-16-7-5-14(6-8-16)13-15-9-11-28(12-10-15)21(30)20(29)23-18-4-2-1-3-17(18)19-24-26-27-25-19/h1-8,15H,9-13H2,(H,23,29)(H,24,25,26,27). The second-order valence-electron chi connectivity index (χ2n) is 7.30. The summed E-state index contributed by atoms with van der Waals surface area (Å²) >= 11 is 0. The average Bonchev–Trinajstić information content (AvgIpc) is 3.30. The van der Waals surface area contributed by atoms with Crippen molar-refractivity contribution in [3.8, 4) is 11.4 Å². The van der Waals surface area contributed by atoms with Crippen LogP contribution in [0.25, 0.3) is 11.4 Å². The molecule has 2 heterocycles. The first-order valence-corrected chi connectivity index (χ1v) is 9.77. The molecule has 0 atom stereocenters. The smallest absolute Gasteiger partial charge is 0.313 e. The minimum Gasteiger partial charge on any atom is -0.334 e. The molecule has 0 spiro atoms. The van der Waals surface area contributed by atoms with Gasteiger partial charge in [-0.05, 0) is 60.2 Å². The number of halogens is 1. The van der Waals surface area contributed by atoms with Crippen LogP contribution in [-0.2, 0) is 16.0 Å². The molecule has 0 aliphatic carbocycles. The van der Waals surface area contributed by atoms with E-state index in [2.05, 4.69) is 25.9 Å². The monoisotopic (exact) mass is 408 g/mol. The average molecular weight is 408 g/mol. The second kappa shape index (κ2) is 8.81. The summed E-state index contributed by atoms with van der Waals surface area (Å²) in [6.07, 6.45) is 2.44. The lowest BCUT2D eigenvalue weighted by Gasteiger charge is -2.31. The summed E-state index contributed by atoms with van der Waals surface area (Å²) in [6.45, 7) is 1.04. The molecule has 3 aromatic rings. The van der Waals surface area contributed by atoms with Gasteiger partial charge in [-0.15, -0.1) is 10.2 Å². The minimum absolute atomic E-state index is 0.244. The first-order chi connectivity index (χ1) is 14.6. The number of likely N-dealkylation sites (tertiary alicyclic amines) is 1. The van der Waals surface area contributed by atoms with Gasteiger partial charge in [0.2, 0.25) is 5.82 Å². The fourth-order valence-electron chi connectivity index (χ4n) is 3.68. The number of aromatic nitrogens is 4. The van der Waals surface area contributed by atoms with Gasteiger partial charge in [-0.25, -0.2) is 4.39 Å². The molecule has 0 saturated carbocycles. The molecule has 2 amide bonds. The number of piperidine rings is 1. The van der Waals surface area contributed by atoms with Crippen LogP contribution in [0.1, 0.15) is 18.4 Å². The number of tetrazole rings is 1. The SMILES string of the molecule is O=C(Nc1ccccc1-c1nn[nH]n1)C(=O)N1CCC(Cc2ccc(F)cc2)CC1. The Kier molecular flexibility index (Phi) is 5.78. The summed E-state index contributed by atoms with van der Waals surface area (Å²) in [7, 11) is 0. The normalized spacial score (nSPS) is 14.5. The van der Waals surface area contributed by atoms with Crippen LogP contribution < -0.4 is 5.32 Å². The van der Waals surface area contributed by atoms with Gasteiger partial charge in [-0.1, -0.05) is 24.3 Å². The summed E-state index contributed by atoms with van der Waals surface area (Å²) in [5, 5.41) is 16.4. The van der Waals surface area contributed by atoms with E-state index in [9.17, 15) is 14.0 Å². The largest absolute Gasteiger partial charge is 0.334 e. The summed E-state index contributed by atoms with van der Waals surface area (Å²) in [5.74, 6) is -0.756. The Labute approximate surface area is 172 Å². The third-order valence-corrected chi connectivity index (χ3v) is 5.30. The van der Waals surface area contributed by atoms with E-state index < -0.39 is 11.8 Å². The Morgan fingerprint density at radius 2 is 1.83 bits per heavy atom. The molecule has 154 valence electrons. The number of nitrogens with zero attached hydrogens (tertiary/aromatic N) is 4. The van der Waals surface area contributed by atoms with Gasteiger partial charge in [0, 0.05) is 18.7 Å². The van der Waals surface area contributed by atoms with Gasteiger partial charge < -0.3 is 10.2 Å². The second-order valence-corrected chi connectivity index (χ2v) is 7.30. The number of para-hydroxylation sites is 1.